The molecule has 3 N–H and O–H groups in total. The number of nitrogens with zero attached hydrogens (tertiary/aromatic N) is 2. The van der Waals surface area contributed by atoms with Crippen molar-refractivity contribution in [3.05, 3.63) is 0 Å². The Labute approximate surface area is 152 Å². The summed E-state index contributed by atoms with van der Waals surface area (Å²) in [6.45, 7) is 11.9. The largest absolute Gasteiger partial charge is 0.379 e. The van der Waals surface area contributed by atoms with Gasteiger partial charge in [-0.25, -0.2) is 4.99 Å². The van der Waals surface area contributed by atoms with Gasteiger partial charge in [-0.15, -0.1) is 0 Å². The number of carbonyl (C=O) groups is 1. The first-order valence-corrected chi connectivity index (χ1v) is 9.71. The Morgan fingerprint density at radius 2 is 1.96 bits per heavy atom. The average molecular weight is 354 g/mol. The van der Waals surface area contributed by atoms with Gasteiger partial charge in [-0.3, -0.25) is 9.69 Å². The van der Waals surface area contributed by atoms with Crippen molar-refractivity contribution >= 4 is 11.9 Å². The molecule has 1 saturated carbocycles. The Bertz CT molecular complexity index is 431. The van der Waals surface area contributed by atoms with Gasteiger partial charge in [-0.2, -0.15) is 0 Å². The van der Waals surface area contributed by atoms with Crippen molar-refractivity contribution in [2.45, 2.75) is 52.1 Å². The Kier molecular flexibility index (Phi) is 8.48. The van der Waals surface area contributed by atoms with Gasteiger partial charge in [-0.05, 0) is 32.1 Å². The number of rotatable bonds is 9. The quantitative estimate of drug-likeness (QED) is 0.417. The van der Waals surface area contributed by atoms with E-state index in [2.05, 4.69) is 39.7 Å². The fourth-order valence-corrected chi connectivity index (χ4v) is 3.06. The molecule has 7 nitrogen and oxygen atoms in total. The summed E-state index contributed by atoms with van der Waals surface area (Å²) in [5.41, 5.74) is 0. The summed E-state index contributed by atoms with van der Waals surface area (Å²) in [6, 6.07) is 0.836. The van der Waals surface area contributed by atoms with E-state index in [0.29, 0.717) is 18.0 Å². The number of aliphatic imine (C=N–C) groups is 1. The summed E-state index contributed by atoms with van der Waals surface area (Å²) < 4.78 is 5.48. The van der Waals surface area contributed by atoms with Crippen LogP contribution in [0.1, 0.15) is 40.0 Å². The maximum atomic E-state index is 11.8. The lowest BCUT2D eigenvalue weighted by atomic mass is 10.0. The maximum absolute atomic E-state index is 11.8. The van der Waals surface area contributed by atoms with Crippen LogP contribution < -0.4 is 16.0 Å². The van der Waals surface area contributed by atoms with Crippen molar-refractivity contribution in [3.8, 4) is 0 Å². The third-order valence-corrected chi connectivity index (χ3v) is 4.48. The Hall–Kier alpha value is -1.34. The molecule has 1 amide bonds. The Morgan fingerprint density at radius 3 is 2.56 bits per heavy atom. The van der Waals surface area contributed by atoms with Gasteiger partial charge >= 0.3 is 0 Å². The van der Waals surface area contributed by atoms with E-state index < -0.39 is 0 Å². The van der Waals surface area contributed by atoms with E-state index in [4.69, 9.17) is 4.74 Å². The molecule has 0 aromatic rings. The van der Waals surface area contributed by atoms with Gasteiger partial charge in [0.05, 0.1) is 13.2 Å². The number of ether oxygens (including phenoxy) is 1. The van der Waals surface area contributed by atoms with Crippen LogP contribution in [0.4, 0.5) is 0 Å². The van der Waals surface area contributed by atoms with E-state index in [1.54, 1.807) is 0 Å². The monoisotopic (exact) mass is 353 g/mol. The number of amides is 1. The van der Waals surface area contributed by atoms with Crippen LogP contribution in [0.25, 0.3) is 0 Å². The molecular weight excluding hydrogens is 318 g/mol. The van der Waals surface area contributed by atoms with Gasteiger partial charge in [0.15, 0.2) is 5.96 Å². The molecule has 0 aromatic heterocycles. The molecule has 1 saturated heterocycles. The molecule has 25 heavy (non-hydrogen) atoms. The highest BCUT2D eigenvalue weighted by molar-refractivity contribution is 5.85. The normalized spacial score (nSPS) is 20.4. The lowest BCUT2D eigenvalue weighted by molar-refractivity contribution is -0.119. The maximum Gasteiger partial charge on any atom is 0.242 e. The molecule has 2 fully saturated rings. The van der Waals surface area contributed by atoms with E-state index in [1.165, 1.54) is 0 Å². The van der Waals surface area contributed by atoms with Crippen LogP contribution in [0.2, 0.25) is 0 Å². The van der Waals surface area contributed by atoms with Gasteiger partial charge in [0.25, 0.3) is 0 Å². The molecule has 0 spiro atoms. The minimum absolute atomic E-state index is 0.00612. The molecule has 1 heterocycles. The van der Waals surface area contributed by atoms with E-state index in [-0.39, 0.29) is 12.5 Å². The lowest BCUT2D eigenvalue weighted by Gasteiger charge is -2.35. The number of morpholine rings is 1. The standard InChI is InChI=1S/C18H35N5O2/c1-4-19-18(21-13-17(24)22-15-5-6-15)20-12-16(11-14(2)3)23-7-9-25-10-8-23/h14-16H,4-13H2,1-3H3,(H,22,24)(H2,19,20,21). The van der Waals surface area contributed by atoms with Crippen LogP contribution in [0.3, 0.4) is 0 Å². The highest BCUT2D eigenvalue weighted by atomic mass is 16.5. The molecule has 7 heteroatoms. The van der Waals surface area contributed by atoms with Crippen LogP contribution in [0, 0.1) is 5.92 Å². The summed E-state index contributed by atoms with van der Waals surface area (Å²) in [5, 5.41) is 9.63. The predicted octanol–water partition coefficient (Wildman–Crippen LogP) is 0.567. The van der Waals surface area contributed by atoms with Crippen molar-refractivity contribution in [3.63, 3.8) is 0 Å². The van der Waals surface area contributed by atoms with Gasteiger partial charge in [0.2, 0.25) is 5.91 Å². The number of hydrogen-bond acceptors (Lipinski definition) is 4. The van der Waals surface area contributed by atoms with Crippen LogP contribution in [0.15, 0.2) is 4.99 Å². The molecule has 1 aliphatic heterocycles. The Morgan fingerprint density at radius 1 is 1.24 bits per heavy atom. The van der Waals surface area contributed by atoms with E-state index in [1.807, 2.05) is 6.92 Å². The fourth-order valence-electron chi connectivity index (χ4n) is 3.06. The van der Waals surface area contributed by atoms with Gasteiger partial charge < -0.3 is 20.7 Å². The molecule has 144 valence electrons. The third kappa shape index (κ3) is 8.05. The second-order valence-electron chi connectivity index (χ2n) is 7.35. The minimum atomic E-state index is 0.00612. The molecule has 0 aromatic carbocycles. The predicted molar refractivity (Wildman–Crippen MR) is 101 cm³/mol. The Balaban J connectivity index is 1.84. The first kappa shape index (κ1) is 20.0. The summed E-state index contributed by atoms with van der Waals surface area (Å²) in [6.07, 6.45) is 3.34. The SMILES string of the molecule is CCNC(=NCC(=O)NC1CC1)NCC(CC(C)C)N1CCOCC1. The summed E-state index contributed by atoms with van der Waals surface area (Å²) >= 11 is 0. The average Bonchev–Trinajstić information content (AvgIpc) is 3.40. The molecule has 0 radical (unpaired) electrons. The van der Waals surface area contributed by atoms with Crippen molar-refractivity contribution in [1.82, 2.24) is 20.9 Å². The highest BCUT2D eigenvalue weighted by Gasteiger charge is 2.23. The second-order valence-corrected chi connectivity index (χ2v) is 7.35. The van der Waals surface area contributed by atoms with Crippen LogP contribution in [-0.4, -0.2) is 74.8 Å². The van der Waals surface area contributed by atoms with Crippen molar-refractivity contribution in [2.75, 3.05) is 45.9 Å². The summed E-state index contributed by atoms with van der Waals surface area (Å²) in [4.78, 5) is 18.8. The first-order valence-electron chi connectivity index (χ1n) is 9.71. The van der Waals surface area contributed by atoms with Gasteiger partial charge in [-0.1, -0.05) is 13.8 Å². The van der Waals surface area contributed by atoms with Crippen molar-refractivity contribution in [2.24, 2.45) is 10.9 Å². The second kappa shape index (κ2) is 10.6. The number of carbonyl (C=O) groups excluding carboxylic acids is 1. The van der Waals surface area contributed by atoms with Crippen LogP contribution >= 0.6 is 0 Å². The highest BCUT2D eigenvalue weighted by Crippen LogP contribution is 2.18. The van der Waals surface area contributed by atoms with Crippen molar-refractivity contribution in [1.29, 1.82) is 0 Å². The molecular formula is C18H35N5O2. The zero-order chi connectivity index (χ0) is 18.1. The van der Waals surface area contributed by atoms with E-state index in [9.17, 15) is 4.79 Å². The zero-order valence-electron chi connectivity index (χ0n) is 16.0. The third-order valence-electron chi connectivity index (χ3n) is 4.48. The number of guanidine groups is 1. The summed E-state index contributed by atoms with van der Waals surface area (Å²) in [7, 11) is 0. The number of hydrogen-bond donors (Lipinski definition) is 3. The van der Waals surface area contributed by atoms with E-state index in [0.717, 1.165) is 64.6 Å². The van der Waals surface area contributed by atoms with Crippen LogP contribution in [-0.2, 0) is 9.53 Å². The first-order chi connectivity index (χ1) is 12.1. The number of nitrogens with one attached hydrogen (secondary N) is 3. The molecule has 1 atom stereocenters. The molecule has 2 rings (SSSR count). The van der Waals surface area contributed by atoms with Gasteiger partial charge in [0.1, 0.15) is 6.54 Å². The molecule has 1 unspecified atom stereocenters. The van der Waals surface area contributed by atoms with Gasteiger partial charge in [0, 0.05) is 38.3 Å². The fraction of sp³-hybridized carbons (Fsp3) is 0.889. The topological polar surface area (TPSA) is 78.0 Å². The lowest BCUT2D eigenvalue weighted by Crippen LogP contribution is -2.51. The summed E-state index contributed by atoms with van der Waals surface area (Å²) in [5.74, 6) is 1.36. The zero-order valence-corrected chi connectivity index (χ0v) is 16.0. The molecule has 2 aliphatic rings. The smallest absolute Gasteiger partial charge is 0.242 e. The minimum Gasteiger partial charge on any atom is -0.379 e. The van der Waals surface area contributed by atoms with Crippen molar-refractivity contribution < 1.29 is 9.53 Å². The van der Waals surface area contributed by atoms with Crippen LogP contribution in [0.5, 0.6) is 0 Å². The molecule has 1 aliphatic carbocycles. The van der Waals surface area contributed by atoms with E-state index >= 15 is 0 Å². The molecule has 0 bridgehead atoms.